The molecule has 0 aromatic heterocycles. The summed E-state index contributed by atoms with van der Waals surface area (Å²) < 4.78 is 30.0. The van der Waals surface area contributed by atoms with E-state index in [1.807, 2.05) is 0 Å². The van der Waals surface area contributed by atoms with Crippen LogP contribution in [0, 0.1) is 0 Å². The average molecular weight is 193 g/mol. The third-order valence-electron chi connectivity index (χ3n) is 2.05. The van der Waals surface area contributed by atoms with Crippen molar-refractivity contribution in [1.82, 2.24) is 4.90 Å². The Bertz CT molecular complexity index is 197. The summed E-state index contributed by atoms with van der Waals surface area (Å²) in [6, 6.07) is 0. The molecule has 5 heteroatoms. The number of carbonyl (C=O) groups is 1. The Labute approximate surface area is 75.7 Å². The number of piperidine rings is 1. The van der Waals surface area contributed by atoms with E-state index in [9.17, 15) is 13.6 Å². The lowest BCUT2D eigenvalue weighted by atomic mass is 10.1. The Morgan fingerprint density at radius 1 is 1.62 bits per heavy atom. The van der Waals surface area contributed by atoms with Gasteiger partial charge in [0, 0.05) is 6.42 Å². The number of hydrogen-bond donors (Lipinski definition) is 0. The van der Waals surface area contributed by atoms with Crippen LogP contribution >= 0.6 is 0 Å². The third kappa shape index (κ3) is 3.26. The molecule has 0 N–H and O–H groups in total. The molecule has 0 aromatic rings. The first-order chi connectivity index (χ1) is 6.03. The molecule has 0 spiro atoms. The highest BCUT2D eigenvalue weighted by Crippen LogP contribution is 2.26. The number of nitrogens with zero attached hydrogens (tertiary/aromatic N) is 1. The number of methoxy groups -OCH3 is 1. The summed E-state index contributed by atoms with van der Waals surface area (Å²) >= 11 is 0. The minimum atomic E-state index is -2.65. The van der Waals surface area contributed by atoms with Gasteiger partial charge in [0.1, 0.15) is 0 Å². The molecule has 0 atom stereocenters. The molecule has 0 saturated carbocycles. The highest BCUT2D eigenvalue weighted by atomic mass is 19.3. The summed E-state index contributed by atoms with van der Waals surface area (Å²) in [6.45, 7) is 0.179. The van der Waals surface area contributed by atoms with Gasteiger partial charge in [-0.3, -0.25) is 9.69 Å². The van der Waals surface area contributed by atoms with E-state index in [0.717, 1.165) is 0 Å². The molecule has 3 nitrogen and oxygen atoms in total. The van der Waals surface area contributed by atoms with Crippen LogP contribution in [0.25, 0.3) is 0 Å². The summed E-state index contributed by atoms with van der Waals surface area (Å²) in [5, 5.41) is 0. The molecule has 1 aliphatic heterocycles. The minimum absolute atomic E-state index is 0.0356. The van der Waals surface area contributed by atoms with Gasteiger partial charge in [-0.25, -0.2) is 8.78 Å². The maximum atomic E-state index is 12.8. The van der Waals surface area contributed by atoms with Crippen LogP contribution in [-0.4, -0.2) is 43.5 Å². The van der Waals surface area contributed by atoms with Crippen molar-refractivity contribution in [1.29, 1.82) is 0 Å². The largest absolute Gasteiger partial charge is 0.468 e. The highest BCUT2D eigenvalue weighted by molar-refractivity contribution is 5.71. The molecule has 0 aromatic carbocycles. The molecule has 1 aliphatic rings. The lowest BCUT2D eigenvalue weighted by molar-refractivity contribution is -0.144. The van der Waals surface area contributed by atoms with Crippen molar-refractivity contribution in [3.8, 4) is 0 Å². The van der Waals surface area contributed by atoms with Crippen LogP contribution in [0.15, 0.2) is 0 Å². The van der Waals surface area contributed by atoms with Crippen LogP contribution in [0.4, 0.5) is 8.78 Å². The van der Waals surface area contributed by atoms with Crippen LogP contribution < -0.4 is 0 Å². The molecule has 1 rings (SSSR count). The smallest absolute Gasteiger partial charge is 0.319 e. The number of halogens is 2. The van der Waals surface area contributed by atoms with Gasteiger partial charge >= 0.3 is 5.97 Å². The van der Waals surface area contributed by atoms with E-state index in [4.69, 9.17) is 0 Å². The van der Waals surface area contributed by atoms with Gasteiger partial charge in [0.05, 0.1) is 20.2 Å². The number of alkyl halides is 2. The molecule has 76 valence electrons. The second-order valence-electron chi connectivity index (χ2n) is 3.25. The second-order valence-corrected chi connectivity index (χ2v) is 3.25. The Hall–Kier alpha value is -0.710. The number of rotatable bonds is 2. The molecule has 0 unspecified atom stereocenters. The molecule has 0 aliphatic carbocycles. The number of esters is 1. The Morgan fingerprint density at radius 2 is 2.31 bits per heavy atom. The first-order valence-corrected chi connectivity index (χ1v) is 4.20. The summed E-state index contributed by atoms with van der Waals surface area (Å²) in [5.41, 5.74) is 0. The number of likely N-dealkylation sites (tertiary alicyclic amines) is 1. The lowest BCUT2D eigenvalue weighted by Gasteiger charge is -2.31. The maximum absolute atomic E-state index is 12.8. The van der Waals surface area contributed by atoms with Crippen LogP contribution in [0.3, 0.4) is 0 Å². The molecular weight excluding hydrogens is 180 g/mol. The predicted molar refractivity (Wildman–Crippen MR) is 42.6 cm³/mol. The fourth-order valence-corrected chi connectivity index (χ4v) is 1.43. The third-order valence-corrected chi connectivity index (χ3v) is 2.05. The fourth-order valence-electron chi connectivity index (χ4n) is 1.43. The standard InChI is InChI=1S/C8H13F2NO2/c1-13-7(12)5-11-4-2-3-8(9,10)6-11/h2-6H2,1H3. The normalized spacial score (nSPS) is 22.7. The van der Waals surface area contributed by atoms with Gasteiger partial charge in [-0.15, -0.1) is 0 Å². The molecule has 13 heavy (non-hydrogen) atoms. The van der Waals surface area contributed by atoms with E-state index in [1.165, 1.54) is 12.0 Å². The molecule has 0 bridgehead atoms. The monoisotopic (exact) mass is 193 g/mol. The van der Waals surface area contributed by atoms with E-state index >= 15 is 0 Å². The topological polar surface area (TPSA) is 29.5 Å². The number of ether oxygens (including phenoxy) is 1. The van der Waals surface area contributed by atoms with E-state index < -0.39 is 11.9 Å². The SMILES string of the molecule is COC(=O)CN1CCCC(F)(F)C1. The quantitative estimate of drug-likeness (QED) is 0.610. The van der Waals surface area contributed by atoms with Gasteiger partial charge in [0.15, 0.2) is 0 Å². The van der Waals surface area contributed by atoms with Gasteiger partial charge < -0.3 is 4.74 Å². The number of hydrogen-bond acceptors (Lipinski definition) is 3. The first kappa shape index (κ1) is 10.4. The van der Waals surface area contributed by atoms with Crippen LogP contribution in [0.2, 0.25) is 0 Å². The Kier molecular flexibility index (Phi) is 3.19. The molecule has 0 amide bonds. The molecule has 1 fully saturated rings. The van der Waals surface area contributed by atoms with Crippen LogP contribution in [0.5, 0.6) is 0 Å². The minimum Gasteiger partial charge on any atom is -0.468 e. The Balaban J connectivity index is 2.39. The lowest BCUT2D eigenvalue weighted by Crippen LogP contribution is -2.44. The Morgan fingerprint density at radius 3 is 2.85 bits per heavy atom. The molecule has 0 radical (unpaired) electrons. The van der Waals surface area contributed by atoms with Gasteiger partial charge in [0.25, 0.3) is 5.92 Å². The van der Waals surface area contributed by atoms with Crippen LogP contribution in [-0.2, 0) is 9.53 Å². The van der Waals surface area contributed by atoms with Gasteiger partial charge in [-0.1, -0.05) is 0 Å². The van der Waals surface area contributed by atoms with Crippen molar-refractivity contribution in [2.75, 3.05) is 26.7 Å². The van der Waals surface area contributed by atoms with Gasteiger partial charge in [-0.2, -0.15) is 0 Å². The van der Waals surface area contributed by atoms with E-state index in [1.54, 1.807) is 0 Å². The first-order valence-electron chi connectivity index (χ1n) is 4.20. The van der Waals surface area contributed by atoms with E-state index in [-0.39, 0.29) is 19.5 Å². The van der Waals surface area contributed by atoms with Crippen molar-refractivity contribution in [3.05, 3.63) is 0 Å². The molecule has 1 saturated heterocycles. The van der Waals surface area contributed by atoms with Gasteiger partial charge in [-0.05, 0) is 13.0 Å². The highest BCUT2D eigenvalue weighted by Gasteiger charge is 2.35. The molecule has 1 heterocycles. The van der Waals surface area contributed by atoms with E-state index in [0.29, 0.717) is 13.0 Å². The van der Waals surface area contributed by atoms with Crippen molar-refractivity contribution >= 4 is 5.97 Å². The maximum Gasteiger partial charge on any atom is 0.319 e. The van der Waals surface area contributed by atoms with Crippen LogP contribution in [0.1, 0.15) is 12.8 Å². The van der Waals surface area contributed by atoms with Crippen molar-refractivity contribution < 1.29 is 18.3 Å². The zero-order valence-electron chi connectivity index (χ0n) is 7.56. The van der Waals surface area contributed by atoms with Crippen molar-refractivity contribution in [3.63, 3.8) is 0 Å². The second kappa shape index (κ2) is 4.00. The zero-order chi connectivity index (χ0) is 9.90. The fraction of sp³-hybridized carbons (Fsp3) is 0.875. The van der Waals surface area contributed by atoms with E-state index in [2.05, 4.69) is 4.74 Å². The van der Waals surface area contributed by atoms with Crippen molar-refractivity contribution in [2.24, 2.45) is 0 Å². The zero-order valence-corrected chi connectivity index (χ0v) is 7.56. The summed E-state index contributed by atoms with van der Waals surface area (Å²) in [5.74, 6) is -3.11. The summed E-state index contributed by atoms with van der Waals surface area (Å²) in [4.78, 5) is 12.2. The van der Waals surface area contributed by atoms with Gasteiger partial charge in [0.2, 0.25) is 0 Å². The summed E-state index contributed by atoms with van der Waals surface area (Å²) in [7, 11) is 1.25. The molecular formula is C8H13F2NO2. The van der Waals surface area contributed by atoms with Crippen molar-refractivity contribution in [2.45, 2.75) is 18.8 Å². The average Bonchev–Trinajstić information content (AvgIpc) is 2.02. The predicted octanol–water partition coefficient (Wildman–Crippen LogP) is 0.890. The summed E-state index contributed by atoms with van der Waals surface area (Å²) in [6.07, 6.45) is 0.356. The number of carbonyl (C=O) groups excluding carboxylic acids is 1.